The van der Waals surface area contributed by atoms with Crippen LogP contribution in [0.2, 0.25) is 0 Å². The Morgan fingerprint density at radius 1 is 0.508 bits per heavy atom. The molecule has 7 aliphatic heterocycles. The lowest BCUT2D eigenvalue weighted by Crippen LogP contribution is -2.69. The SMILES string of the molecule is C=CC(C)(O)CCC=C(CO)C(=O)OCC1OC(OC(=O)C23CCC(C)(C)CC2C2=CCC4C5(C)CCC(OC6OC(COC7OCC(O)C(O)C7OC7CCC(O)C(O)C7O)C(O)C(O)C6O)C(C)(C)C5CCC4(C)C2(C)CC3O)C(OC2OC(C)C(OC3OCC(O)C(OC4OCC(O)C(O)C4O)C3O)C(O)C2OC2OC(CO)C(O)C(O)C2O)C(O)C1O. The zero-order chi connectivity index (χ0) is 92.1. The quantitative estimate of drug-likeness (QED) is 0.0166. The van der Waals surface area contributed by atoms with Gasteiger partial charge < -0.3 is 193 Å². The Labute approximate surface area is 729 Å². The van der Waals surface area contributed by atoms with Crippen LogP contribution in [0.1, 0.15) is 146 Å². The lowest BCUT2D eigenvalue weighted by Gasteiger charge is -2.71. The molecule has 126 heavy (non-hydrogen) atoms. The average molecular weight is 1810 g/mol. The van der Waals surface area contributed by atoms with E-state index in [9.17, 15) is 122 Å². The van der Waals surface area contributed by atoms with Crippen LogP contribution in [0.4, 0.5) is 0 Å². The highest BCUT2D eigenvalue weighted by Crippen LogP contribution is 2.76. The van der Waals surface area contributed by atoms with Crippen molar-refractivity contribution in [2.75, 3.05) is 46.2 Å². The molecule has 0 radical (unpaired) electrons. The van der Waals surface area contributed by atoms with Gasteiger partial charge in [0.15, 0.2) is 43.8 Å². The van der Waals surface area contributed by atoms with Crippen molar-refractivity contribution >= 4 is 11.9 Å². The molecule has 0 amide bonds. The predicted molar refractivity (Wildman–Crippen MR) is 422 cm³/mol. The highest BCUT2D eigenvalue weighted by molar-refractivity contribution is 5.88. The summed E-state index contributed by atoms with van der Waals surface area (Å²) in [5.74, 6) is -3.10. The first kappa shape index (κ1) is 100. The van der Waals surface area contributed by atoms with Gasteiger partial charge in [-0.2, -0.15) is 0 Å². The Balaban J connectivity index is 0.766. The molecule has 5 saturated carbocycles. The second-order valence-corrected chi connectivity index (χ2v) is 39.7. The molecule has 722 valence electrons. The van der Waals surface area contributed by atoms with Crippen LogP contribution in [0.5, 0.6) is 0 Å². The molecule has 13 aliphatic rings. The Kier molecular flexibility index (Phi) is 31.1. The van der Waals surface area contributed by atoms with Gasteiger partial charge >= 0.3 is 11.9 Å². The zero-order valence-corrected chi connectivity index (χ0v) is 72.4. The lowest BCUT2D eigenvalue weighted by atomic mass is 9.33. The molecule has 0 bridgehead atoms. The molecular formula is C85H136O41. The molecular weight excluding hydrogens is 1680 g/mol. The van der Waals surface area contributed by atoms with Crippen molar-refractivity contribution in [1.29, 1.82) is 0 Å². The number of aliphatic hydroxyl groups is 23. The van der Waals surface area contributed by atoms with E-state index in [0.29, 0.717) is 44.9 Å². The summed E-state index contributed by atoms with van der Waals surface area (Å²) >= 11 is 0. The third kappa shape index (κ3) is 19.0. The standard InChI is InChI=1S/C85H136O41/c1-11-81(7,110)20-12-13-35(27-86)70(108)111-32-44-56(99)59(102)68(125-76-69(124-74-62(105)57(100)54(97)43(28-87)118-74)63(106)65(34(2)116-76)122-72-64(107)66(41(91)31-113-72)123-71-60(103)51(94)39(89)29-112-71)77(120-44)126-78(109)85-24-23-79(3,4)25-37(85)36-14-17-47-82(8)21-19-49(80(5,6)46(82)18-22-83(47,9)84(36,10)26-48(85)92)121-73-61(104)58(101)55(98)45(119-73)33-115-75-67(52(95)40(90)30-114-75)117-42-16-15-38(88)50(93)53(42)96/h11,13-14,34,37-69,71-77,86-107,110H,1,12,15-33H2,2-10H3. The molecule has 0 aromatic heterocycles. The summed E-state index contributed by atoms with van der Waals surface area (Å²) in [5, 5.41) is 257. The first-order chi connectivity index (χ1) is 59.1. The number of allylic oxidation sites excluding steroid dienone is 3. The van der Waals surface area contributed by atoms with E-state index in [1.807, 2.05) is 0 Å². The van der Waals surface area contributed by atoms with Crippen LogP contribution < -0.4 is 0 Å². The Morgan fingerprint density at radius 3 is 1.73 bits per heavy atom. The van der Waals surface area contributed by atoms with E-state index in [-0.39, 0.29) is 55.9 Å². The lowest BCUT2D eigenvalue weighted by molar-refractivity contribution is -0.401. The molecule has 46 atom stereocenters. The summed E-state index contributed by atoms with van der Waals surface area (Å²) in [6.07, 6.45) is -57.9. The third-order valence-electron chi connectivity index (χ3n) is 30.8. The third-order valence-corrected chi connectivity index (χ3v) is 30.8. The van der Waals surface area contributed by atoms with Crippen molar-refractivity contribution in [2.45, 2.75) is 385 Å². The maximum absolute atomic E-state index is 16.5. The maximum atomic E-state index is 16.5. The fourth-order valence-corrected chi connectivity index (χ4v) is 22.8. The van der Waals surface area contributed by atoms with Gasteiger partial charge in [-0.25, -0.2) is 4.79 Å². The molecule has 7 saturated heterocycles. The van der Waals surface area contributed by atoms with Gasteiger partial charge in [0.05, 0.1) is 81.3 Å². The van der Waals surface area contributed by atoms with Crippen LogP contribution in [-0.2, 0) is 85.4 Å². The molecule has 46 unspecified atom stereocenters. The van der Waals surface area contributed by atoms with Crippen LogP contribution in [-0.4, -0.2) is 414 Å². The number of fused-ring (bicyclic) bond motifs is 7. The summed E-state index contributed by atoms with van der Waals surface area (Å²) in [4.78, 5) is 30.3. The minimum absolute atomic E-state index is 0.0130. The van der Waals surface area contributed by atoms with Crippen LogP contribution >= 0.6 is 0 Å². The predicted octanol–water partition coefficient (Wildman–Crippen LogP) is -6.19. The summed E-state index contributed by atoms with van der Waals surface area (Å²) in [5.41, 5.74) is -5.61. The monoisotopic (exact) mass is 1810 g/mol. The van der Waals surface area contributed by atoms with Crippen molar-refractivity contribution in [2.24, 2.45) is 50.2 Å². The van der Waals surface area contributed by atoms with Crippen molar-refractivity contribution < 1.29 is 203 Å². The summed E-state index contributed by atoms with van der Waals surface area (Å²) in [7, 11) is 0. The van der Waals surface area contributed by atoms with E-state index in [1.54, 1.807) is 0 Å². The number of carbonyl (C=O) groups is 2. The van der Waals surface area contributed by atoms with E-state index < -0.39 is 335 Å². The van der Waals surface area contributed by atoms with Gasteiger partial charge in [0, 0.05) is 0 Å². The van der Waals surface area contributed by atoms with Crippen molar-refractivity contribution in [3.8, 4) is 0 Å². The number of aliphatic hydroxyl groups excluding tert-OH is 22. The molecule has 13 rings (SSSR count). The number of hydrogen-bond acceptors (Lipinski definition) is 41. The van der Waals surface area contributed by atoms with E-state index >= 15 is 4.79 Å². The van der Waals surface area contributed by atoms with E-state index in [4.69, 9.17) is 75.8 Å². The molecule has 0 aromatic carbocycles. The van der Waals surface area contributed by atoms with Crippen molar-refractivity contribution in [3.63, 3.8) is 0 Å². The van der Waals surface area contributed by atoms with Gasteiger partial charge in [0.25, 0.3) is 0 Å². The van der Waals surface area contributed by atoms with E-state index in [0.717, 1.165) is 5.57 Å². The molecule has 41 nitrogen and oxygen atoms in total. The summed E-state index contributed by atoms with van der Waals surface area (Å²) in [6, 6.07) is 0. The largest absolute Gasteiger partial charge is 0.459 e. The Morgan fingerprint density at radius 2 is 1.06 bits per heavy atom. The fraction of sp³-hybridized carbons (Fsp3) is 0.906. The minimum atomic E-state index is -2.30. The smallest absolute Gasteiger partial charge is 0.336 e. The zero-order valence-electron chi connectivity index (χ0n) is 72.4. The van der Waals surface area contributed by atoms with Crippen LogP contribution in [0.3, 0.4) is 0 Å². The van der Waals surface area contributed by atoms with Gasteiger partial charge in [-0.1, -0.05) is 72.3 Å². The molecule has 12 fully saturated rings. The average Bonchev–Trinajstić information content (AvgIpc) is 0.669. The molecule has 0 aromatic rings. The summed E-state index contributed by atoms with van der Waals surface area (Å²) in [6.45, 7) is 16.5. The van der Waals surface area contributed by atoms with Crippen LogP contribution in [0, 0.1) is 50.2 Å². The molecule has 7 heterocycles. The first-order valence-corrected chi connectivity index (χ1v) is 44.1. The van der Waals surface area contributed by atoms with Crippen molar-refractivity contribution in [3.05, 3.63) is 36.0 Å². The number of esters is 2. The Bertz CT molecular complexity index is 3720. The van der Waals surface area contributed by atoms with Gasteiger partial charge in [-0.15, -0.1) is 6.58 Å². The van der Waals surface area contributed by atoms with Gasteiger partial charge in [-0.3, -0.25) is 4.79 Å². The second kappa shape index (κ2) is 39.2. The maximum Gasteiger partial charge on any atom is 0.336 e. The van der Waals surface area contributed by atoms with Crippen LogP contribution in [0.15, 0.2) is 36.0 Å². The van der Waals surface area contributed by atoms with Gasteiger partial charge in [0.1, 0.15) is 165 Å². The van der Waals surface area contributed by atoms with Gasteiger partial charge in [-0.05, 0) is 142 Å². The van der Waals surface area contributed by atoms with Gasteiger partial charge in [0.2, 0.25) is 6.29 Å². The van der Waals surface area contributed by atoms with E-state index in [2.05, 4.69) is 61.1 Å². The molecule has 41 heteroatoms. The normalized spacial score (nSPS) is 50.9. The van der Waals surface area contributed by atoms with Crippen LogP contribution in [0.25, 0.3) is 0 Å². The molecule has 0 spiro atoms. The highest BCUT2D eigenvalue weighted by Gasteiger charge is 2.73. The number of hydrogen-bond donors (Lipinski definition) is 23. The first-order valence-electron chi connectivity index (χ1n) is 44.1. The molecule has 23 N–H and O–H groups in total. The molecule has 6 aliphatic carbocycles. The Hall–Kier alpha value is -3.32. The fourth-order valence-electron chi connectivity index (χ4n) is 22.8. The number of carbonyl (C=O) groups excluding carboxylic acids is 2. The number of rotatable bonds is 26. The highest BCUT2D eigenvalue weighted by atomic mass is 16.8. The minimum Gasteiger partial charge on any atom is -0.459 e. The number of ether oxygens (including phenoxy) is 16. The van der Waals surface area contributed by atoms with Crippen molar-refractivity contribution in [1.82, 2.24) is 0 Å². The topological polar surface area (TPSA) is 647 Å². The van der Waals surface area contributed by atoms with E-state index in [1.165, 1.54) is 26.0 Å². The second-order valence-electron chi connectivity index (χ2n) is 39.7. The summed E-state index contributed by atoms with van der Waals surface area (Å²) < 4.78 is 97.5.